The van der Waals surface area contributed by atoms with Crippen LogP contribution in [0, 0.1) is 35.0 Å². The molecule has 5 rings (SSSR count). The minimum absolute atomic E-state index is 0.0471. The summed E-state index contributed by atoms with van der Waals surface area (Å²) in [5, 5.41) is 0. The number of hydrogen-bond donors (Lipinski definition) is 0. The molecule has 5 aliphatic rings. The Morgan fingerprint density at radius 3 is 2.67 bits per heavy atom. The van der Waals surface area contributed by atoms with E-state index in [0.29, 0.717) is 42.3 Å². The maximum absolute atomic E-state index is 15.3. The van der Waals surface area contributed by atoms with Crippen molar-refractivity contribution in [1.29, 1.82) is 0 Å². The predicted octanol–water partition coefficient (Wildman–Crippen LogP) is 4.85. The van der Waals surface area contributed by atoms with Crippen molar-refractivity contribution in [3.8, 4) is 0 Å². The van der Waals surface area contributed by atoms with Gasteiger partial charge < -0.3 is 9.47 Å². The monoisotopic (exact) mass is 376 g/mol. The van der Waals surface area contributed by atoms with E-state index in [2.05, 4.69) is 13.0 Å². The number of rotatable bonds is 2. The van der Waals surface area contributed by atoms with Crippen molar-refractivity contribution in [2.75, 3.05) is 13.2 Å². The van der Waals surface area contributed by atoms with E-state index in [1.807, 2.05) is 0 Å². The van der Waals surface area contributed by atoms with Gasteiger partial charge in [-0.2, -0.15) is 0 Å². The Balaban J connectivity index is 1.35. The van der Waals surface area contributed by atoms with E-state index >= 15 is 4.39 Å². The number of fused-ring (bicyclic) bond motifs is 5. The van der Waals surface area contributed by atoms with Gasteiger partial charge in [-0.1, -0.05) is 18.6 Å². The minimum Gasteiger partial charge on any atom is -0.352 e. The zero-order chi connectivity index (χ0) is 18.6. The van der Waals surface area contributed by atoms with Gasteiger partial charge in [-0.3, -0.25) is 4.79 Å². The summed E-state index contributed by atoms with van der Waals surface area (Å²) < 4.78 is 27.0. The number of halogens is 1. The molecule has 7 atom stereocenters. The molecule has 0 amide bonds. The lowest BCUT2D eigenvalue weighted by atomic mass is 9.50. The molecule has 1 aliphatic heterocycles. The van der Waals surface area contributed by atoms with Crippen LogP contribution >= 0.6 is 0 Å². The van der Waals surface area contributed by atoms with Crippen molar-refractivity contribution in [2.45, 2.75) is 76.7 Å². The Hall–Kier alpha value is -0.740. The molecule has 27 heavy (non-hydrogen) atoms. The molecule has 0 aromatic rings. The Morgan fingerprint density at radius 1 is 1.07 bits per heavy atom. The summed E-state index contributed by atoms with van der Waals surface area (Å²) >= 11 is 0. The van der Waals surface area contributed by atoms with Crippen LogP contribution in [0.4, 0.5) is 4.39 Å². The fourth-order valence-electron chi connectivity index (χ4n) is 7.54. The number of allylic oxidation sites excluding steroid dienone is 1. The second kappa shape index (κ2) is 6.66. The summed E-state index contributed by atoms with van der Waals surface area (Å²) in [5.41, 5.74) is -0.404. The van der Waals surface area contributed by atoms with Gasteiger partial charge in [0, 0.05) is 11.3 Å². The first-order valence-electron chi connectivity index (χ1n) is 11.1. The number of hydrogen-bond acceptors (Lipinski definition) is 3. The lowest BCUT2D eigenvalue weighted by Gasteiger charge is -2.54. The second-order valence-electron chi connectivity index (χ2n) is 10.0. The summed E-state index contributed by atoms with van der Waals surface area (Å²) in [4.78, 5) is 11.6. The maximum Gasteiger partial charge on any atom is 0.171 e. The summed E-state index contributed by atoms with van der Waals surface area (Å²) in [6.07, 6.45) is 12.0. The zero-order valence-corrected chi connectivity index (χ0v) is 16.5. The van der Waals surface area contributed by atoms with Gasteiger partial charge >= 0.3 is 0 Å². The van der Waals surface area contributed by atoms with Gasteiger partial charge in [-0.05, 0) is 81.5 Å². The number of alkyl halides is 1. The SMILES string of the molecule is C[C@]12CC[C@H]3[C@@H](CCC4=CC(C5OCCCO5)CC[C@@H]43)[C@@H]1CC[C@]2(F)C=O. The first kappa shape index (κ1) is 18.3. The Morgan fingerprint density at radius 2 is 1.89 bits per heavy atom. The van der Waals surface area contributed by atoms with Crippen molar-refractivity contribution < 1.29 is 18.7 Å². The maximum atomic E-state index is 15.3. The summed E-state index contributed by atoms with van der Waals surface area (Å²) in [5.74, 6) is 2.74. The van der Waals surface area contributed by atoms with Crippen molar-refractivity contribution >= 4 is 6.29 Å². The summed E-state index contributed by atoms with van der Waals surface area (Å²) in [7, 11) is 0. The minimum atomic E-state index is -1.59. The normalized spacial score (nSPS) is 50.3. The van der Waals surface area contributed by atoms with Crippen LogP contribution in [0.15, 0.2) is 11.6 Å². The third-order valence-corrected chi connectivity index (χ3v) is 9.04. The van der Waals surface area contributed by atoms with Crippen LogP contribution in [0.25, 0.3) is 0 Å². The molecule has 1 saturated heterocycles. The average Bonchev–Trinajstić information content (AvgIpc) is 2.99. The van der Waals surface area contributed by atoms with Crippen molar-refractivity contribution in [2.24, 2.45) is 35.0 Å². The van der Waals surface area contributed by atoms with Gasteiger partial charge in [0.15, 0.2) is 18.2 Å². The molecule has 1 heterocycles. The molecule has 0 spiro atoms. The zero-order valence-electron chi connectivity index (χ0n) is 16.5. The molecule has 150 valence electrons. The highest BCUT2D eigenvalue weighted by Gasteiger charge is 2.63. The molecular weight excluding hydrogens is 343 g/mol. The molecule has 1 unspecified atom stereocenters. The molecule has 0 bridgehead atoms. The van der Waals surface area contributed by atoms with Gasteiger partial charge in [-0.25, -0.2) is 4.39 Å². The highest BCUT2D eigenvalue weighted by Crippen LogP contribution is 2.65. The van der Waals surface area contributed by atoms with Crippen molar-refractivity contribution in [3.05, 3.63) is 11.6 Å². The molecule has 0 aromatic heterocycles. The smallest absolute Gasteiger partial charge is 0.171 e. The van der Waals surface area contributed by atoms with E-state index in [9.17, 15) is 4.79 Å². The number of carbonyl (C=O) groups is 1. The lowest BCUT2D eigenvalue weighted by Crippen LogP contribution is -2.51. The standard InChI is InChI=1S/C23H33FO3/c1-22-9-7-18-17-5-4-16(21-26-11-2-12-27-21)13-15(17)3-6-19(18)20(22)8-10-23(22,24)14-25/h13-14,16-21H,2-12H2,1H3/t16?,17-,18+,19+,20-,22-,23-/m0/s1. The van der Waals surface area contributed by atoms with Gasteiger partial charge in [-0.15, -0.1) is 0 Å². The predicted molar refractivity (Wildman–Crippen MR) is 101 cm³/mol. The topological polar surface area (TPSA) is 35.5 Å². The molecule has 0 aromatic carbocycles. The van der Waals surface area contributed by atoms with Crippen LogP contribution in [0.5, 0.6) is 0 Å². The van der Waals surface area contributed by atoms with E-state index < -0.39 is 11.1 Å². The Labute approximate surface area is 162 Å². The van der Waals surface area contributed by atoms with E-state index in [-0.39, 0.29) is 6.29 Å². The van der Waals surface area contributed by atoms with Crippen molar-refractivity contribution in [1.82, 2.24) is 0 Å². The van der Waals surface area contributed by atoms with Crippen LogP contribution in [0.2, 0.25) is 0 Å². The van der Waals surface area contributed by atoms with Gasteiger partial charge in [0.25, 0.3) is 0 Å². The lowest BCUT2D eigenvalue weighted by molar-refractivity contribution is -0.199. The molecule has 4 aliphatic carbocycles. The first-order valence-corrected chi connectivity index (χ1v) is 11.1. The van der Waals surface area contributed by atoms with Crippen LogP contribution in [0.1, 0.15) is 64.7 Å². The van der Waals surface area contributed by atoms with Gasteiger partial charge in [0.2, 0.25) is 0 Å². The van der Waals surface area contributed by atoms with E-state index in [4.69, 9.17) is 9.47 Å². The summed E-state index contributed by atoms with van der Waals surface area (Å²) in [6.45, 7) is 3.70. The fourth-order valence-corrected chi connectivity index (χ4v) is 7.54. The molecule has 4 heteroatoms. The van der Waals surface area contributed by atoms with E-state index in [1.54, 1.807) is 5.57 Å². The fraction of sp³-hybridized carbons (Fsp3) is 0.870. The number of ether oxygens (including phenoxy) is 2. The highest BCUT2D eigenvalue weighted by molar-refractivity contribution is 5.65. The molecule has 0 N–H and O–H groups in total. The Bertz CT molecular complexity index is 627. The van der Waals surface area contributed by atoms with E-state index in [1.165, 1.54) is 12.8 Å². The Kier molecular flexibility index (Phi) is 4.51. The third kappa shape index (κ3) is 2.69. The molecule has 3 saturated carbocycles. The van der Waals surface area contributed by atoms with E-state index in [0.717, 1.165) is 51.7 Å². The highest BCUT2D eigenvalue weighted by atomic mass is 19.1. The van der Waals surface area contributed by atoms with Gasteiger partial charge in [0.1, 0.15) is 0 Å². The molecule has 4 fully saturated rings. The van der Waals surface area contributed by atoms with Crippen molar-refractivity contribution in [3.63, 3.8) is 0 Å². The van der Waals surface area contributed by atoms with Crippen LogP contribution in [0.3, 0.4) is 0 Å². The third-order valence-electron chi connectivity index (χ3n) is 9.04. The summed E-state index contributed by atoms with van der Waals surface area (Å²) in [6, 6.07) is 0. The average molecular weight is 377 g/mol. The molecule has 3 nitrogen and oxygen atoms in total. The van der Waals surface area contributed by atoms with Crippen LogP contribution in [-0.2, 0) is 14.3 Å². The van der Waals surface area contributed by atoms with Crippen LogP contribution < -0.4 is 0 Å². The van der Waals surface area contributed by atoms with Crippen LogP contribution in [-0.4, -0.2) is 31.5 Å². The number of aldehydes is 1. The number of carbonyl (C=O) groups excluding carboxylic acids is 1. The second-order valence-corrected chi connectivity index (χ2v) is 10.0. The van der Waals surface area contributed by atoms with Gasteiger partial charge in [0.05, 0.1) is 13.2 Å². The first-order chi connectivity index (χ1) is 13.1. The molecular formula is C23H33FO3. The largest absolute Gasteiger partial charge is 0.352 e. The molecule has 0 radical (unpaired) electrons. The quantitative estimate of drug-likeness (QED) is 0.511.